The summed E-state index contributed by atoms with van der Waals surface area (Å²) in [6.07, 6.45) is -0.283. The number of anilines is 1. The first-order valence-electron chi connectivity index (χ1n) is 13.3. The number of nitrogens with two attached hydrogens (primary N) is 1. The van der Waals surface area contributed by atoms with Gasteiger partial charge in [-0.15, -0.1) is 0 Å². The number of halogens is 3. The monoisotopic (exact) mass is 552 g/mol. The Morgan fingerprint density at radius 2 is 1.73 bits per heavy atom. The zero-order valence-corrected chi connectivity index (χ0v) is 21.9. The van der Waals surface area contributed by atoms with E-state index in [-0.39, 0.29) is 23.7 Å². The number of carbonyl (C=O) groups is 1. The van der Waals surface area contributed by atoms with Crippen LogP contribution >= 0.6 is 0 Å². The largest absolute Gasteiger partial charge is 0.416 e. The lowest BCUT2D eigenvalue weighted by molar-refractivity contribution is -0.137. The Bertz CT molecular complexity index is 1380. The van der Waals surface area contributed by atoms with Gasteiger partial charge in [-0.2, -0.15) is 23.5 Å². The molecule has 8 nitrogen and oxygen atoms in total. The number of aliphatic hydroxyl groups is 1. The summed E-state index contributed by atoms with van der Waals surface area (Å²) < 4.78 is 40.2. The van der Waals surface area contributed by atoms with Crippen LogP contribution in [0.4, 0.5) is 19.0 Å². The molecule has 0 radical (unpaired) electrons. The number of carbonyl (C=O) groups excluding carboxylic acids is 1. The fourth-order valence-electron chi connectivity index (χ4n) is 5.25. The van der Waals surface area contributed by atoms with Crippen molar-refractivity contribution in [3.05, 3.63) is 71.4 Å². The summed E-state index contributed by atoms with van der Waals surface area (Å²) in [4.78, 5) is 14.4. The minimum Gasteiger partial charge on any atom is -0.373 e. The van der Waals surface area contributed by atoms with Crippen molar-refractivity contribution >= 4 is 11.7 Å². The summed E-state index contributed by atoms with van der Waals surface area (Å²) in [5.41, 5.74) is 7.12. The summed E-state index contributed by atoms with van der Waals surface area (Å²) in [7, 11) is 0. The molecule has 2 heterocycles. The highest BCUT2D eigenvalue weighted by molar-refractivity contribution is 5.97. The highest BCUT2D eigenvalue weighted by Gasteiger charge is 2.39. The Balaban J connectivity index is 1.25. The average Bonchev–Trinajstić information content (AvgIpc) is 3.70. The molecule has 1 saturated heterocycles. The second-order valence-corrected chi connectivity index (χ2v) is 10.7. The van der Waals surface area contributed by atoms with Gasteiger partial charge in [0, 0.05) is 31.7 Å². The molecule has 4 N–H and O–H groups in total. The van der Waals surface area contributed by atoms with Gasteiger partial charge in [-0.25, -0.2) is 0 Å². The molecule has 1 aliphatic heterocycles. The summed E-state index contributed by atoms with van der Waals surface area (Å²) in [5.74, 6) is -0.285. The first-order valence-corrected chi connectivity index (χ1v) is 13.3. The van der Waals surface area contributed by atoms with E-state index >= 15 is 0 Å². The number of piperidine rings is 1. The number of alkyl halides is 3. The Morgan fingerprint density at radius 3 is 2.25 bits per heavy atom. The summed E-state index contributed by atoms with van der Waals surface area (Å²) >= 11 is 0. The number of aromatic nitrogens is 2. The average molecular weight is 553 g/mol. The lowest BCUT2D eigenvalue weighted by Crippen LogP contribution is -2.46. The Kier molecular flexibility index (Phi) is 7.57. The van der Waals surface area contributed by atoms with Gasteiger partial charge in [0.15, 0.2) is 5.82 Å². The lowest BCUT2D eigenvalue weighted by atomic mass is 9.84. The smallest absolute Gasteiger partial charge is 0.373 e. The van der Waals surface area contributed by atoms with Crippen LogP contribution in [0.15, 0.2) is 54.7 Å². The quantitative estimate of drug-likeness (QED) is 0.331. The molecule has 40 heavy (non-hydrogen) atoms. The normalized spacial score (nSPS) is 18.2. The van der Waals surface area contributed by atoms with E-state index in [1.165, 1.54) is 12.1 Å². The molecular formula is C29H31F3N6O2. The summed E-state index contributed by atoms with van der Waals surface area (Å²) in [6.45, 7) is 2.07. The molecule has 1 aromatic heterocycles. The Morgan fingerprint density at radius 1 is 1.12 bits per heavy atom. The maximum absolute atomic E-state index is 12.9. The van der Waals surface area contributed by atoms with E-state index in [0.717, 1.165) is 36.1 Å². The molecule has 1 amide bonds. The van der Waals surface area contributed by atoms with Crippen molar-refractivity contribution in [1.29, 1.82) is 5.26 Å². The van der Waals surface area contributed by atoms with Gasteiger partial charge in [-0.1, -0.05) is 36.4 Å². The second kappa shape index (κ2) is 10.9. The van der Waals surface area contributed by atoms with Crippen LogP contribution in [0.3, 0.4) is 0 Å². The van der Waals surface area contributed by atoms with Gasteiger partial charge in [0.25, 0.3) is 5.91 Å². The predicted octanol–water partition coefficient (Wildman–Crippen LogP) is 4.71. The van der Waals surface area contributed by atoms with E-state index in [1.54, 1.807) is 10.9 Å². The van der Waals surface area contributed by atoms with Gasteiger partial charge in [-0.05, 0) is 54.5 Å². The van der Waals surface area contributed by atoms with Crippen LogP contribution in [0.1, 0.15) is 53.6 Å². The van der Waals surface area contributed by atoms with Crippen molar-refractivity contribution in [3.63, 3.8) is 0 Å². The van der Waals surface area contributed by atoms with Gasteiger partial charge in [0.05, 0.1) is 23.6 Å². The topological polar surface area (TPSA) is 120 Å². The van der Waals surface area contributed by atoms with E-state index in [2.05, 4.69) is 21.4 Å². The van der Waals surface area contributed by atoms with E-state index in [1.807, 2.05) is 24.3 Å². The van der Waals surface area contributed by atoms with Crippen LogP contribution in [0.5, 0.6) is 0 Å². The number of nitrogens with one attached hydrogen (secondary N) is 1. The SMILES string of the molecule is N#CCC1(n2cc(C(N)=O)c(NC(O)C3CC3)n2)CCN(Cc2ccc(-c3ccc(C(F)(F)F)cc3)cc2)CC1. The molecule has 0 bridgehead atoms. The fraction of sp³-hybridized carbons (Fsp3) is 0.414. The van der Waals surface area contributed by atoms with Crippen molar-refractivity contribution in [2.24, 2.45) is 11.7 Å². The van der Waals surface area contributed by atoms with Crippen LogP contribution in [0, 0.1) is 17.2 Å². The van der Waals surface area contributed by atoms with Crippen LogP contribution in [-0.2, 0) is 18.3 Å². The van der Waals surface area contributed by atoms with Gasteiger partial charge in [0.1, 0.15) is 11.8 Å². The Hall–Kier alpha value is -3.88. The van der Waals surface area contributed by atoms with Crippen LogP contribution in [0.2, 0.25) is 0 Å². The maximum atomic E-state index is 12.9. The number of likely N-dealkylation sites (tertiary alicyclic amines) is 1. The molecule has 2 aliphatic rings. The van der Waals surface area contributed by atoms with E-state index in [9.17, 15) is 28.3 Å². The predicted molar refractivity (Wildman–Crippen MR) is 143 cm³/mol. The number of rotatable bonds is 9. The van der Waals surface area contributed by atoms with Gasteiger partial charge < -0.3 is 16.2 Å². The van der Waals surface area contributed by atoms with Crippen molar-refractivity contribution in [2.75, 3.05) is 18.4 Å². The summed E-state index contributed by atoms with van der Waals surface area (Å²) in [5, 5.41) is 27.4. The molecule has 5 rings (SSSR count). The number of benzene rings is 2. The third-order valence-electron chi connectivity index (χ3n) is 7.92. The number of nitrogens with zero attached hydrogens (tertiary/aromatic N) is 4. The second-order valence-electron chi connectivity index (χ2n) is 10.7. The first kappa shape index (κ1) is 27.7. The maximum Gasteiger partial charge on any atom is 0.416 e. The highest BCUT2D eigenvalue weighted by atomic mass is 19.4. The molecule has 0 spiro atoms. The first-order chi connectivity index (χ1) is 19.1. The number of hydrogen-bond acceptors (Lipinski definition) is 6. The summed E-state index contributed by atoms with van der Waals surface area (Å²) in [6, 6.07) is 15.2. The molecule has 210 valence electrons. The molecule has 1 unspecified atom stereocenters. The fourth-order valence-corrected chi connectivity index (χ4v) is 5.25. The number of nitriles is 1. The minimum atomic E-state index is -4.36. The number of aliphatic hydroxyl groups excluding tert-OH is 1. The van der Waals surface area contributed by atoms with Crippen LogP contribution in [0.25, 0.3) is 11.1 Å². The number of amides is 1. The Labute approximate surface area is 230 Å². The van der Waals surface area contributed by atoms with Crippen molar-refractivity contribution in [1.82, 2.24) is 14.7 Å². The van der Waals surface area contributed by atoms with E-state index in [0.29, 0.717) is 38.0 Å². The van der Waals surface area contributed by atoms with Crippen molar-refractivity contribution in [3.8, 4) is 17.2 Å². The molecule has 3 aromatic rings. The number of primary amides is 1. The molecule has 2 fully saturated rings. The van der Waals surface area contributed by atoms with Crippen LogP contribution < -0.4 is 11.1 Å². The van der Waals surface area contributed by atoms with E-state index < -0.39 is 29.4 Å². The molecule has 1 saturated carbocycles. The number of hydrogen-bond donors (Lipinski definition) is 3. The zero-order chi connectivity index (χ0) is 28.5. The van der Waals surface area contributed by atoms with Crippen molar-refractivity contribution in [2.45, 2.75) is 56.6 Å². The third kappa shape index (κ3) is 5.98. The molecular weight excluding hydrogens is 521 g/mol. The van der Waals surface area contributed by atoms with Gasteiger partial charge in [-0.3, -0.25) is 14.4 Å². The van der Waals surface area contributed by atoms with Crippen LogP contribution in [-0.4, -0.2) is 45.0 Å². The van der Waals surface area contributed by atoms with Gasteiger partial charge >= 0.3 is 6.18 Å². The molecule has 2 aromatic carbocycles. The minimum absolute atomic E-state index is 0.131. The lowest BCUT2D eigenvalue weighted by Gasteiger charge is -2.40. The third-order valence-corrected chi connectivity index (χ3v) is 7.92. The molecule has 1 atom stereocenters. The molecule has 1 aliphatic carbocycles. The highest BCUT2D eigenvalue weighted by Crippen LogP contribution is 2.37. The van der Waals surface area contributed by atoms with Crippen molar-refractivity contribution < 1.29 is 23.1 Å². The standard InChI is InChI=1S/C29H31F3N6O2/c30-29(31,32)23-9-7-21(8-10-23)20-3-1-19(2-4-20)17-37-15-12-28(11-14-33,13-16-37)38-18-24(25(34)39)26(36-38)35-27(40)22-5-6-22/h1-4,7-10,18,22,27,40H,5-6,11-13,15-17H2,(H2,34,39)(H,35,36). The van der Waals surface area contributed by atoms with E-state index in [4.69, 9.17) is 5.73 Å². The molecule has 11 heteroatoms. The van der Waals surface area contributed by atoms with Gasteiger partial charge in [0.2, 0.25) is 0 Å². The zero-order valence-electron chi connectivity index (χ0n) is 21.9.